The zero-order valence-electron chi connectivity index (χ0n) is 14.9. The number of hydrogen-bond acceptors (Lipinski definition) is 4. The predicted octanol–water partition coefficient (Wildman–Crippen LogP) is 4.17. The molecular formula is C21H22N2O3. The summed E-state index contributed by atoms with van der Waals surface area (Å²) in [5.41, 5.74) is 1.83. The number of nitrogens with one attached hydrogen (secondary N) is 1. The number of para-hydroxylation sites is 2. The number of furan rings is 1. The number of hydrogen-bond donors (Lipinski definition) is 1. The van der Waals surface area contributed by atoms with Crippen LogP contribution in [0.1, 0.15) is 21.9 Å². The zero-order valence-corrected chi connectivity index (χ0v) is 14.9. The molecule has 0 saturated heterocycles. The Kier molecular flexibility index (Phi) is 5.71. The summed E-state index contributed by atoms with van der Waals surface area (Å²) in [5, 5.41) is 2.92. The Morgan fingerprint density at radius 2 is 1.73 bits per heavy atom. The minimum Gasteiger partial charge on any atom is -0.486 e. The monoisotopic (exact) mass is 350 g/mol. The van der Waals surface area contributed by atoms with Gasteiger partial charge in [0.1, 0.15) is 18.1 Å². The summed E-state index contributed by atoms with van der Waals surface area (Å²) in [4.78, 5) is 14.5. The lowest BCUT2D eigenvalue weighted by Gasteiger charge is -2.14. The van der Waals surface area contributed by atoms with Gasteiger partial charge < -0.3 is 19.4 Å². The Morgan fingerprint density at radius 3 is 2.50 bits per heavy atom. The predicted molar refractivity (Wildman–Crippen MR) is 101 cm³/mol. The molecule has 26 heavy (non-hydrogen) atoms. The molecule has 0 fully saturated rings. The summed E-state index contributed by atoms with van der Waals surface area (Å²) in [6, 6.07) is 20.6. The molecular weight excluding hydrogens is 328 g/mol. The second kappa shape index (κ2) is 8.36. The second-order valence-corrected chi connectivity index (χ2v) is 6.22. The first kappa shape index (κ1) is 17.8. The van der Waals surface area contributed by atoms with E-state index in [1.165, 1.54) is 0 Å². The van der Waals surface area contributed by atoms with Crippen molar-refractivity contribution in [3.05, 3.63) is 83.8 Å². The number of nitrogens with zero attached hydrogens (tertiary/aromatic N) is 1. The van der Waals surface area contributed by atoms with E-state index >= 15 is 0 Å². The summed E-state index contributed by atoms with van der Waals surface area (Å²) < 4.78 is 11.2. The van der Waals surface area contributed by atoms with Gasteiger partial charge in [-0.25, -0.2) is 0 Å². The molecule has 1 amide bonds. The van der Waals surface area contributed by atoms with Crippen LogP contribution in [0, 0.1) is 0 Å². The van der Waals surface area contributed by atoms with Crippen molar-refractivity contribution in [1.29, 1.82) is 0 Å². The Bertz CT molecular complexity index is 856. The Hall–Kier alpha value is -3.05. The summed E-state index contributed by atoms with van der Waals surface area (Å²) in [5.74, 6) is 1.34. The molecule has 0 saturated carbocycles. The van der Waals surface area contributed by atoms with Crippen molar-refractivity contribution in [2.24, 2.45) is 0 Å². The Balaban J connectivity index is 1.63. The molecule has 0 bridgehead atoms. The van der Waals surface area contributed by atoms with Crippen molar-refractivity contribution >= 4 is 11.6 Å². The SMILES string of the molecule is CN(C)Cc1ccccc1NC(=O)c1ccc(COc2ccccc2)o1. The van der Waals surface area contributed by atoms with E-state index < -0.39 is 0 Å². The molecule has 0 aliphatic heterocycles. The van der Waals surface area contributed by atoms with Crippen molar-refractivity contribution in [1.82, 2.24) is 4.90 Å². The lowest BCUT2D eigenvalue weighted by Crippen LogP contribution is -2.16. The highest BCUT2D eigenvalue weighted by Crippen LogP contribution is 2.19. The van der Waals surface area contributed by atoms with E-state index in [4.69, 9.17) is 9.15 Å². The third kappa shape index (κ3) is 4.74. The van der Waals surface area contributed by atoms with Crippen LogP contribution in [0.15, 0.2) is 71.1 Å². The van der Waals surface area contributed by atoms with Crippen LogP contribution in [0.2, 0.25) is 0 Å². The molecule has 0 spiro atoms. The minimum absolute atomic E-state index is 0.260. The van der Waals surface area contributed by atoms with Gasteiger partial charge in [0, 0.05) is 12.2 Å². The molecule has 1 aromatic heterocycles. The molecule has 2 aromatic carbocycles. The molecule has 0 aliphatic carbocycles. The highest BCUT2D eigenvalue weighted by molar-refractivity contribution is 6.02. The summed E-state index contributed by atoms with van der Waals surface area (Å²) in [6.07, 6.45) is 0. The summed E-state index contributed by atoms with van der Waals surface area (Å²) in [6.45, 7) is 1.01. The quantitative estimate of drug-likeness (QED) is 0.695. The van der Waals surface area contributed by atoms with Gasteiger partial charge in [-0.15, -0.1) is 0 Å². The second-order valence-electron chi connectivity index (χ2n) is 6.22. The van der Waals surface area contributed by atoms with Crippen molar-refractivity contribution in [2.45, 2.75) is 13.2 Å². The normalized spacial score (nSPS) is 10.7. The fourth-order valence-corrected chi connectivity index (χ4v) is 2.55. The van der Waals surface area contributed by atoms with Crippen molar-refractivity contribution < 1.29 is 13.9 Å². The number of anilines is 1. The fraction of sp³-hybridized carbons (Fsp3) is 0.190. The molecule has 0 unspecified atom stereocenters. The maximum atomic E-state index is 12.5. The van der Waals surface area contributed by atoms with E-state index in [9.17, 15) is 4.79 Å². The zero-order chi connectivity index (χ0) is 18.4. The minimum atomic E-state index is -0.276. The van der Waals surface area contributed by atoms with Gasteiger partial charge in [-0.2, -0.15) is 0 Å². The Labute approximate surface area is 153 Å². The number of carbonyl (C=O) groups is 1. The van der Waals surface area contributed by atoms with E-state index in [2.05, 4.69) is 10.2 Å². The van der Waals surface area contributed by atoms with Gasteiger partial charge in [0.15, 0.2) is 5.76 Å². The summed E-state index contributed by atoms with van der Waals surface area (Å²) >= 11 is 0. The first-order chi connectivity index (χ1) is 12.6. The lowest BCUT2D eigenvalue weighted by atomic mass is 10.1. The highest BCUT2D eigenvalue weighted by atomic mass is 16.5. The molecule has 0 radical (unpaired) electrons. The standard InChI is InChI=1S/C21H22N2O3/c1-23(2)14-16-8-6-7-11-19(16)22-21(24)20-13-12-18(26-20)15-25-17-9-4-3-5-10-17/h3-13H,14-15H2,1-2H3,(H,22,24). The third-order valence-electron chi connectivity index (χ3n) is 3.76. The number of benzene rings is 2. The van der Waals surface area contributed by atoms with Gasteiger partial charge in [0.05, 0.1) is 0 Å². The topological polar surface area (TPSA) is 54.7 Å². The number of ether oxygens (including phenoxy) is 1. The first-order valence-corrected chi connectivity index (χ1v) is 8.42. The molecule has 0 atom stereocenters. The van der Waals surface area contributed by atoms with Gasteiger partial charge in [0.2, 0.25) is 0 Å². The van der Waals surface area contributed by atoms with Crippen LogP contribution in [-0.2, 0) is 13.2 Å². The van der Waals surface area contributed by atoms with Crippen molar-refractivity contribution in [3.63, 3.8) is 0 Å². The number of amides is 1. The van der Waals surface area contributed by atoms with E-state index in [-0.39, 0.29) is 18.3 Å². The van der Waals surface area contributed by atoms with Gasteiger partial charge in [-0.1, -0.05) is 36.4 Å². The molecule has 3 aromatic rings. The largest absolute Gasteiger partial charge is 0.486 e. The Morgan fingerprint density at radius 1 is 1.00 bits per heavy atom. The average molecular weight is 350 g/mol. The van der Waals surface area contributed by atoms with Gasteiger partial charge in [-0.3, -0.25) is 4.79 Å². The highest BCUT2D eigenvalue weighted by Gasteiger charge is 2.14. The van der Waals surface area contributed by atoms with Gasteiger partial charge in [-0.05, 0) is 50.0 Å². The van der Waals surface area contributed by atoms with Gasteiger partial charge in [0.25, 0.3) is 5.91 Å². The van der Waals surface area contributed by atoms with Crippen LogP contribution in [-0.4, -0.2) is 24.9 Å². The molecule has 3 rings (SSSR count). The van der Waals surface area contributed by atoms with Crippen molar-refractivity contribution in [2.75, 3.05) is 19.4 Å². The van der Waals surface area contributed by atoms with Crippen LogP contribution in [0.4, 0.5) is 5.69 Å². The number of carbonyl (C=O) groups excluding carboxylic acids is 1. The molecule has 1 heterocycles. The molecule has 1 N–H and O–H groups in total. The van der Waals surface area contributed by atoms with Crippen LogP contribution >= 0.6 is 0 Å². The molecule has 5 nitrogen and oxygen atoms in total. The van der Waals surface area contributed by atoms with E-state index in [1.807, 2.05) is 68.7 Å². The van der Waals surface area contributed by atoms with Crippen LogP contribution in [0.25, 0.3) is 0 Å². The molecule has 5 heteroatoms. The van der Waals surface area contributed by atoms with E-state index in [0.29, 0.717) is 5.76 Å². The van der Waals surface area contributed by atoms with Crippen molar-refractivity contribution in [3.8, 4) is 5.75 Å². The van der Waals surface area contributed by atoms with Crippen LogP contribution in [0.3, 0.4) is 0 Å². The molecule has 0 aliphatic rings. The van der Waals surface area contributed by atoms with Gasteiger partial charge >= 0.3 is 0 Å². The lowest BCUT2D eigenvalue weighted by molar-refractivity contribution is 0.0992. The maximum Gasteiger partial charge on any atom is 0.291 e. The first-order valence-electron chi connectivity index (χ1n) is 8.42. The number of rotatable bonds is 7. The smallest absolute Gasteiger partial charge is 0.291 e. The van der Waals surface area contributed by atoms with E-state index in [1.54, 1.807) is 12.1 Å². The summed E-state index contributed by atoms with van der Waals surface area (Å²) in [7, 11) is 3.98. The van der Waals surface area contributed by atoms with Crippen LogP contribution < -0.4 is 10.1 Å². The third-order valence-corrected chi connectivity index (χ3v) is 3.76. The maximum absolute atomic E-state index is 12.5. The molecule has 134 valence electrons. The van der Waals surface area contributed by atoms with E-state index in [0.717, 1.165) is 23.5 Å². The van der Waals surface area contributed by atoms with Crippen LogP contribution in [0.5, 0.6) is 5.75 Å². The average Bonchev–Trinajstić information content (AvgIpc) is 3.11. The fourth-order valence-electron chi connectivity index (χ4n) is 2.55.